The number of carbonyl (C=O) groups is 3. The number of carbonyl (C=O) groups excluding carboxylic acids is 3. The topological polar surface area (TPSA) is 250 Å². The Morgan fingerprint density at radius 2 is 0.613 bits per heavy atom. The largest absolute Gasteiger partial charge is 3.00 e. The van der Waals surface area contributed by atoms with E-state index in [1.165, 1.54) is 0 Å². The Kier molecular flexibility index (Phi) is 18.2. The Balaban J connectivity index is -0.000000174. The van der Waals surface area contributed by atoms with E-state index in [1.54, 1.807) is 0 Å². The number of rotatable bonds is 6. The summed E-state index contributed by atoms with van der Waals surface area (Å²) in [4.78, 5) is 57.8. The third-order valence-corrected chi connectivity index (χ3v) is 2.55. The molecule has 0 aliphatic heterocycles. The molecule has 0 saturated carbocycles. The summed E-state index contributed by atoms with van der Waals surface area (Å²) in [6.45, 7) is 5.91. The van der Waals surface area contributed by atoms with Gasteiger partial charge >= 0.3 is 16.8 Å². The fraction of sp³-hybridized carbons (Fsp3) is 0.400. The maximum Gasteiger partial charge on any atom is 3.00 e. The second-order valence-electron chi connectivity index (χ2n) is 5.15. The first-order valence-electron chi connectivity index (χ1n) is 7.49. The van der Waals surface area contributed by atoms with Crippen LogP contribution in [0, 0.1) is 30.3 Å². The molecule has 16 heteroatoms. The Hall–Kier alpha value is -3.66. The maximum absolute atomic E-state index is 10.3. The van der Waals surface area contributed by atoms with Crippen LogP contribution in [0.1, 0.15) is 41.5 Å². The Labute approximate surface area is 185 Å². The van der Waals surface area contributed by atoms with Gasteiger partial charge in [0.2, 0.25) is 17.3 Å². The summed E-state index contributed by atoms with van der Waals surface area (Å²) in [6, 6.07) is 0. The molecule has 0 atom stereocenters. The van der Waals surface area contributed by atoms with E-state index in [0.717, 1.165) is 41.5 Å². The molecule has 15 nitrogen and oxygen atoms in total. The number of Topliss-reactive ketones (excluding diaryl/α,β-unsaturated/α-hetero) is 3. The molecule has 0 bridgehead atoms. The first kappa shape index (κ1) is 34.8. The number of hydrogen-bond donors (Lipinski definition) is 0. The molecule has 0 fully saturated rings. The van der Waals surface area contributed by atoms with Gasteiger partial charge in [0.15, 0.2) is 0 Å². The molecule has 0 aromatic rings. The fourth-order valence-electron chi connectivity index (χ4n) is 1.52. The van der Waals surface area contributed by atoms with Crippen molar-refractivity contribution in [1.29, 1.82) is 0 Å². The Bertz CT molecular complexity index is 673. The van der Waals surface area contributed by atoms with Crippen molar-refractivity contribution in [3.63, 3.8) is 0 Å². The van der Waals surface area contributed by atoms with E-state index in [9.17, 15) is 60.0 Å². The van der Waals surface area contributed by atoms with E-state index >= 15 is 0 Å². The molecule has 0 aliphatic carbocycles. The quantitative estimate of drug-likeness (QED) is 0.175. The standard InChI is InChI=1S/3C5H7NO4.Co/c3*1-3(7)5(4(2)8)6(9)10;/h3*7H,1-2H3;/q;;;+3/p-3/b3*5-3+;. The fourth-order valence-corrected chi connectivity index (χ4v) is 1.52. The molecule has 174 valence electrons. The van der Waals surface area contributed by atoms with E-state index in [-0.39, 0.29) is 16.8 Å². The van der Waals surface area contributed by atoms with E-state index in [2.05, 4.69) is 0 Å². The van der Waals surface area contributed by atoms with Gasteiger partial charge in [-0.25, -0.2) is 0 Å². The monoisotopic (exact) mass is 491 g/mol. The number of nitro groups is 3. The van der Waals surface area contributed by atoms with Gasteiger partial charge in [-0.2, -0.15) is 0 Å². The predicted octanol–water partition coefficient (Wildman–Crippen LogP) is -1.67. The van der Waals surface area contributed by atoms with Crippen molar-refractivity contribution in [1.82, 2.24) is 0 Å². The molecule has 0 saturated heterocycles. The van der Waals surface area contributed by atoms with Gasteiger partial charge in [0.1, 0.15) is 0 Å². The predicted molar refractivity (Wildman–Crippen MR) is 91.1 cm³/mol. The number of ketones is 3. The van der Waals surface area contributed by atoms with Gasteiger partial charge in [-0.3, -0.25) is 44.7 Å². The molecule has 0 rings (SSSR count). The number of hydrogen-bond acceptors (Lipinski definition) is 12. The number of allylic oxidation sites excluding steroid dienone is 6. The molecule has 0 spiro atoms. The SMILES string of the molecule is CC(=O)/C(=C(/C)[O-])[N+](=O)[O-].CC(=O)/C(=C(/C)[O-])[N+](=O)[O-].CC(=O)/C(=C(/C)[O-])[N+](=O)[O-].[Co+3]. The molecule has 0 unspecified atom stereocenters. The van der Waals surface area contributed by atoms with Crippen molar-refractivity contribution in [2.45, 2.75) is 41.5 Å². The van der Waals surface area contributed by atoms with Crippen molar-refractivity contribution in [2.24, 2.45) is 0 Å². The van der Waals surface area contributed by atoms with Crippen LogP contribution in [0.3, 0.4) is 0 Å². The molecule has 0 aromatic heterocycles. The molecule has 0 N–H and O–H groups in total. The minimum Gasteiger partial charge on any atom is -0.871 e. The van der Waals surface area contributed by atoms with Crippen LogP contribution in [0.25, 0.3) is 0 Å². The van der Waals surface area contributed by atoms with Crippen molar-refractivity contribution >= 4 is 17.3 Å². The van der Waals surface area contributed by atoms with Gasteiger partial charge in [0, 0.05) is 20.8 Å². The van der Waals surface area contributed by atoms with E-state index in [4.69, 9.17) is 0 Å². The zero-order valence-corrected chi connectivity index (χ0v) is 18.1. The smallest absolute Gasteiger partial charge is 0.871 e. The van der Waals surface area contributed by atoms with Crippen LogP contribution in [-0.4, -0.2) is 32.1 Å². The van der Waals surface area contributed by atoms with Crippen LogP contribution in [0.5, 0.6) is 0 Å². The van der Waals surface area contributed by atoms with E-state index in [1.807, 2.05) is 0 Å². The maximum atomic E-state index is 10.3. The summed E-state index contributed by atoms with van der Waals surface area (Å²) in [5.74, 6) is -4.85. The minimum atomic E-state index is -0.968. The minimum absolute atomic E-state index is 0. The van der Waals surface area contributed by atoms with Crippen LogP contribution in [-0.2, 0) is 31.2 Å². The van der Waals surface area contributed by atoms with Crippen LogP contribution >= 0.6 is 0 Å². The van der Waals surface area contributed by atoms with Gasteiger partial charge in [-0.05, 0) is 20.8 Å². The van der Waals surface area contributed by atoms with E-state index in [0.29, 0.717) is 0 Å². The molecular weight excluding hydrogens is 473 g/mol. The number of nitrogens with zero attached hydrogens (tertiary/aromatic N) is 3. The molecular formula is C15H18CoN3O12. The first-order valence-corrected chi connectivity index (χ1v) is 7.49. The summed E-state index contributed by atoms with van der Waals surface area (Å²) in [6.07, 6.45) is 0. The molecule has 0 aliphatic rings. The van der Waals surface area contributed by atoms with Crippen molar-refractivity contribution in [2.75, 3.05) is 0 Å². The zero-order valence-electron chi connectivity index (χ0n) is 17.1. The van der Waals surface area contributed by atoms with Crippen LogP contribution in [0.15, 0.2) is 34.4 Å². The van der Waals surface area contributed by atoms with Crippen molar-refractivity contribution in [3.05, 3.63) is 64.7 Å². The zero-order chi connectivity index (χ0) is 24.9. The average molecular weight is 491 g/mol. The molecule has 0 aromatic carbocycles. The van der Waals surface area contributed by atoms with Crippen LogP contribution < -0.4 is 15.3 Å². The summed E-state index contributed by atoms with van der Waals surface area (Å²) < 4.78 is 0. The second-order valence-corrected chi connectivity index (χ2v) is 5.15. The normalized spacial score (nSPS) is 11.8. The van der Waals surface area contributed by atoms with Crippen LogP contribution in [0.2, 0.25) is 0 Å². The third kappa shape index (κ3) is 14.9. The summed E-state index contributed by atoms with van der Waals surface area (Å²) >= 11 is 0. The van der Waals surface area contributed by atoms with Gasteiger partial charge in [-0.15, -0.1) is 0 Å². The van der Waals surface area contributed by atoms with Gasteiger partial charge < -0.3 is 15.3 Å². The van der Waals surface area contributed by atoms with Crippen molar-refractivity contribution in [3.8, 4) is 0 Å². The molecule has 31 heavy (non-hydrogen) atoms. The van der Waals surface area contributed by atoms with Gasteiger partial charge in [0.25, 0.3) is 17.1 Å². The second kappa shape index (κ2) is 16.2. The first-order chi connectivity index (χ1) is 13.4. The summed E-state index contributed by atoms with van der Waals surface area (Å²) in [5.41, 5.74) is -2.58. The summed E-state index contributed by atoms with van der Waals surface area (Å²) in [7, 11) is 0. The van der Waals surface area contributed by atoms with E-state index < -0.39 is 66.5 Å². The molecule has 0 amide bonds. The Morgan fingerprint density at radius 3 is 0.613 bits per heavy atom. The van der Waals surface area contributed by atoms with Gasteiger partial charge in [-0.1, -0.05) is 17.3 Å². The third-order valence-electron chi connectivity index (χ3n) is 2.55. The average Bonchev–Trinajstić information content (AvgIpc) is 2.43. The van der Waals surface area contributed by atoms with Crippen LogP contribution in [0.4, 0.5) is 0 Å². The Morgan fingerprint density at radius 1 is 0.484 bits per heavy atom. The van der Waals surface area contributed by atoms with Gasteiger partial charge in [0.05, 0.1) is 14.8 Å². The molecule has 0 heterocycles. The molecule has 0 radical (unpaired) electrons. The summed E-state index contributed by atoms with van der Waals surface area (Å²) in [5, 5.41) is 60.7. The van der Waals surface area contributed by atoms with Crippen molar-refractivity contribution < 1.29 is 61.3 Å².